The molecule has 5 nitrogen and oxygen atoms in total. The summed E-state index contributed by atoms with van der Waals surface area (Å²) in [5.74, 6) is -0.574. The van der Waals surface area contributed by atoms with Gasteiger partial charge in [0.2, 0.25) is 0 Å². The summed E-state index contributed by atoms with van der Waals surface area (Å²) in [6.45, 7) is 3.80. The van der Waals surface area contributed by atoms with Crippen molar-refractivity contribution < 1.29 is 9.18 Å². The van der Waals surface area contributed by atoms with Crippen molar-refractivity contribution in [1.29, 1.82) is 0 Å². The predicted octanol–water partition coefficient (Wildman–Crippen LogP) is 6.10. The van der Waals surface area contributed by atoms with Crippen molar-refractivity contribution in [3.05, 3.63) is 108 Å². The van der Waals surface area contributed by atoms with Gasteiger partial charge in [-0.2, -0.15) is 5.10 Å². The molecule has 2 heterocycles. The van der Waals surface area contributed by atoms with E-state index in [1.165, 1.54) is 12.1 Å². The number of hydrogen-bond donors (Lipinski definition) is 1. The molecule has 2 aromatic heterocycles. The number of halogens is 1. The van der Waals surface area contributed by atoms with Gasteiger partial charge in [-0.1, -0.05) is 36.4 Å². The number of benzene rings is 3. The first-order valence-electron chi connectivity index (χ1n) is 10.6. The molecule has 0 aliphatic carbocycles. The average molecular weight is 436 g/mol. The number of carbonyl (C=O) groups excluding carboxylic acids is 1. The summed E-state index contributed by atoms with van der Waals surface area (Å²) < 4.78 is 15.2. The number of fused-ring (bicyclic) bond motifs is 1. The molecule has 0 atom stereocenters. The molecule has 5 aromatic rings. The number of hydrogen-bond acceptors (Lipinski definition) is 3. The Hall–Kier alpha value is -4.32. The van der Waals surface area contributed by atoms with Crippen LogP contribution in [-0.4, -0.2) is 20.7 Å². The Balaban J connectivity index is 1.57. The van der Waals surface area contributed by atoms with Gasteiger partial charge in [-0.05, 0) is 62.4 Å². The number of aryl methyl sites for hydroxylation is 1. The fraction of sp³-hybridized carbons (Fsp3) is 0.0741. The Morgan fingerprint density at radius 1 is 0.909 bits per heavy atom. The van der Waals surface area contributed by atoms with E-state index in [0.717, 1.165) is 28.0 Å². The van der Waals surface area contributed by atoms with E-state index < -0.39 is 0 Å². The van der Waals surface area contributed by atoms with E-state index in [-0.39, 0.29) is 11.7 Å². The molecule has 0 saturated heterocycles. The number of rotatable bonds is 4. The molecule has 0 unspecified atom stereocenters. The molecule has 6 heteroatoms. The summed E-state index contributed by atoms with van der Waals surface area (Å²) in [5.41, 5.74) is 5.68. The molecule has 33 heavy (non-hydrogen) atoms. The smallest absolute Gasteiger partial charge is 0.256 e. The van der Waals surface area contributed by atoms with Gasteiger partial charge in [0.1, 0.15) is 5.82 Å². The maximum atomic E-state index is 13.5. The molecule has 0 saturated carbocycles. The molecule has 1 N–H and O–H groups in total. The van der Waals surface area contributed by atoms with Gasteiger partial charge in [0.25, 0.3) is 5.91 Å². The van der Waals surface area contributed by atoms with E-state index in [9.17, 15) is 9.18 Å². The minimum absolute atomic E-state index is 0.254. The Morgan fingerprint density at radius 3 is 2.36 bits per heavy atom. The van der Waals surface area contributed by atoms with Crippen molar-refractivity contribution in [2.24, 2.45) is 0 Å². The third-order valence-electron chi connectivity index (χ3n) is 5.63. The van der Waals surface area contributed by atoms with Gasteiger partial charge in [-0.3, -0.25) is 4.79 Å². The molecule has 0 aliphatic heterocycles. The fourth-order valence-corrected chi connectivity index (χ4v) is 3.96. The second-order valence-electron chi connectivity index (χ2n) is 7.83. The van der Waals surface area contributed by atoms with Crippen molar-refractivity contribution in [2.45, 2.75) is 13.8 Å². The second-order valence-corrected chi connectivity index (χ2v) is 7.83. The topological polar surface area (TPSA) is 59.8 Å². The van der Waals surface area contributed by atoms with Crippen molar-refractivity contribution in [3.63, 3.8) is 0 Å². The largest absolute Gasteiger partial charge is 0.319 e. The number of nitrogens with one attached hydrogen (secondary N) is 1. The van der Waals surface area contributed by atoms with Crippen LogP contribution in [0.15, 0.2) is 84.9 Å². The first-order chi connectivity index (χ1) is 16.0. The third kappa shape index (κ3) is 3.87. The van der Waals surface area contributed by atoms with Crippen LogP contribution in [0.3, 0.4) is 0 Å². The monoisotopic (exact) mass is 436 g/mol. The van der Waals surface area contributed by atoms with Crippen LogP contribution in [0.5, 0.6) is 0 Å². The van der Waals surface area contributed by atoms with Crippen LogP contribution in [-0.2, 0) is 0 Å². The zero-order chi connectivity index (χ0) is 22.9. The van der Waals surface area contributed by atoms with Gasteiger partial charge in [-0.15, -0.1) is 0 Å². The predicted molar refractivity (Wildman–Crippen MR) is 128 cm³/mol. The quantitative estimate of drug-likeness (QED) is 0.371. The standard InChI is InChI=1S/C27H21FN4O/c1-17-26(18(2)32(31-17)21-8-4-3-5-9-21)30-27(33)23-16-25(19-12-14-20(28)15-13-19)29-24-11-7-6-10-22(23)24/h3-16H,1-2H3,(H,30,33). The number of carbonyl (C=O) groups is 1. The summed E-state index contributed by atoms with van der Waals surface area (Å²) in [6, 6.07) is 25.1. The highest BCUT2D eigenvalue weighted by Gasteiger charge is 2.19. The van der Waals surface area contributed by atoms with Gasteiger partial charge >= 0.3 is 0 Å². The molecule has 0 bridgehead atoms. The number of anilines is 1. The van der Waals surface area contributed by atoms with Gasteiger partial charge in [0.15, 0.2) is 0 Å². The molecule has 5 rings (SSSR count). The lowest BCUT2D eigenvalue weighted by molar-refractivity contribution is 0.102. The Labute approximate surface area is 190 Å². The van der Waals surface area contributed by atoms with Crippen molar-refractivity contribution in [2.75, 3.05) is 5.32 Å². The SMILES string of the molecule is Cc1nn(-c2ccccc2)c(C)c1NC(=O)c1cc(-c2ccc(F)cc2)nc2ccccc12. The van der Waals surface area contributed by atoms with Gasteiger partial charge < -0.3 is 5.32 Å². The minimum Gasteiger partial charge on any atom is -0.319 e. The van der Waals surface area contributed by atoms with Crippen LogP contribution in [0.1, 0.15) is 21.7 Å². The molecule has 0 radical (unpaired) electrons. The summed E-state index contributed by atoms with van der Waals surface area (Å²) >= 11 is 0. The first-order valence-corrected chi connectivity index (χ1v) is 10.6. The summed E-state index contributed by atoms with van der Waals surface area (Å²) in [4.78, 5) is 18.2. The Morgan fingerprint density at radius 2 is 1.61 bits per heavy atom. The van der Waals surface area contributed by atoms with E-state index in [1.807, 2.05) is 73.1 Å². The molecule has 0 spiro atoms. The van der Waals surface area contributed by atoms with Crippen LogP contribution in [0.2, 0.25) is 0 Å². The van der Waals surface area contributed by atoms with Crippen molar-refractivity contribution >= 4 is 22.5 Å². The van der Waals surface area contributed by atoms with Crippen LogP contribution in [0, 0.1) is 19.7 Å². The number of nitrogens with zero attached hydrogens (tertiary/aromatic N) is 3. The highest BCUT2D eigenvalue weighted by Crippen LogP contribution is 2.28. The second kappa shape index (κ2) is 8.31. The zero-order valence-electron chi connectivity index (χ0n) is 18.2. The number of pyridine rings is 1. The number of amides is 1. The molecule has 1 amide bonds. The van der Waals surface area contributed by atoms with Gasteiger partial charge in [-0.25, -0.2) is 14.1 Å². The van der Waals surface area contributed by atoms with E-state index in [1.54, 1.807) is 18.2 Å². The summed E-state index contributed by atoms with van der Waals surface area (Å²) in [6.07, 6.45) is 0. The van der Waals surface area contributed by atoms with E-state index >= 15 is 0 Å². The van der Waals surface area contributed by atoms with E-state index in [4.69, 9.17) is 0 Å². The highest BCUT2D eigenvalue weighted by molar-refractivity contribution is 6.13. The molecule has 3 aromatic carbocycles. The molecular formula is C27H21FN4O. The number of para-hydroxylation sites is 2. The number of aromatic nitrogens is 3. The molecular weight excluding hydrogens is 415 g/mol. The third-order valence-corrected chi connectivity index (χ3v) is 5.63. The first kappa shape index (κ1) is 20.6. The fourth-order valence-electron chi connectivity index (χ4n) is 3.96. The maximum absolute atomic E-state index is 13.5. The Bertz CT molecular complexity index is 1470. The lowest BCUT2D eigenvalue weighted by Crippen LogP contribution is -2.14. The van der Waals surface area contributed by atoms with Crippen molar-refractivity contribution in [1.82, 2.24) is 14.8 Å². The van der Waals surface area contributed by atoms with Crippen LogP contribution >= 0.6 is 0 Å². The van der Waals surface area contributed by atoms with Gasteiger partial charge in [0.05, 0.1) is 39.5 Å². The van der Waals surface area contributed by atoms with Crippen molar-refractivity contribution in [3.8, 4) is 16.9 Å². The highest BCUT2D eigenvalue weighted by atomic mass is 19.1. The van der Waals surface area contributed by atoms with Crippen LogP contribution in [0.4, 0.5) is 10.1 Å². The lowest BCUT2D eigenvalue weighted by Gasteiger charge is -2.11. The summed E-state index contributed by atoms with van der Waals surface area (Å²) in [7, 11) is 0. The summed E-state index contributed by atoms with van der Waals surface area (Å²) in [5, 5.41) is 8.41. The van der Waals surface area contributed by atoms with E-state index in [0.29, 0.717) is 22.5 Å². The average Bonchev–Trinajstić information content (AvgIpc) is 3.12. The lowest BCUT2D eigenvalue weighted by atomic mass is 10.0. The normalized spacial score (nSPS) is 11.0. The molecule has 0 aliphatic rings. The van der Waals surface area contributed by atoms with Gasteiger partial charge in [0, 0.05) is 10.9 Å². The Kier molecular flexibility index (Phi) is 5.18. The van der Waals surface area contributed by atoms with Crippen LogP contribution < -0.4 is 5.32 Å². The molecule has 0 fully saturated rings. The maximum Gasteiger partial charge on any atom is 0.256 e. The van der Waals surface area contributed by atoms with Crippen LogP contribution in [0.25, 0.3) is 27.8 Å². The minimum atomic E-state index is -0.320. The van der Waals surface area contributed by atoms with E-state index in [2.05, 4.69) is 15.4 Å². The zero-order valence-corrected chi connectivity index (χ0v) is 18.2. The molecule has 162 valence electrons.